The van der Waals surface area contributed by atoms with Crippen LogP contribution in [0.4, 0.5) is 0 Å². The molecular weight excluding hydrogens is 360 g/mol. The van der Waals surface area contributed by atoms with Crippen molar-refractivity contribution in [1.29, 1.82) is 0 Å². The lowest BCUT2D eigenvalue weighted by Crippen LogP contribution is -1.95. The molecule has 3 rings (SSSR count). The molecule has 0 radical (unpaired) electrons. The smallest absolute Gasteiger partial charge is 0.0157 e. The Balaban J connectivity index is 1.98. The first-order valence-electron chi connectivity index (χ1n) is 12.4. The van der Waals surface area contributed by atoms with Crippen LogP contribution in [-0.4, -0.2) is 0 Å². The van der Waals surface area contributed by atoms with Crippen molar-refractivity contribution < 1.29 is 0 Å². The average molecular weight is 401 g/mol. The van der Waals surface area contributed by atoms with Gasteiger partial charge in [0.1, 0.15) is 0 Å². The number of benzene rings is 2. The fourth-order valence-electron chi connectivity index (χ4n) is 4.88. The van der Waals surface area contributed by atoms with Crippen molar-refractivity contribution in [2.24, 2.45) is 0 Å². The number of hydrogen-bond acceptors (Lipinski definition) is 0. The zero-order valence-electron chi connectivity index (χ0n) is 19.3. The summed E-state index contributed by atoms with van der Waals surface area (Å²) in [5.41, 5.74) is 9.39. The summed E-state index contributed by atoms with van der Waals surface area (Å²) < 4.78 is 0. The van der Waals surface area contributed by atoms with Gasteiger partial charge in [-0.25, -0.2) is 0 Å². The molecule has 0 saturated carbocycles. The van der Waals surface area contributed by atoms with Crippen LogP contribution in [0, 0.1) is 0 Å². The summed E-state index contributed by atoms with van der Waals surface area (Å²) in [6, 6.07) is 22.4. The fourth-order valence-corrected chi connectivity index (χ4v) is 4.88. The normalized spacial score (nSPS) is 15.7. The molecule has 0 saturated heterocycles. The highest BCUT2D eigenvalue weighted by Gasteiger charge is 2.24. The van der Waals surface area contributed by atoms with E-state index < -0.39 is 0 Å². The minimum atomic E-state index is 1.21. The van der Waals surface area contributed by atoms with Crippen LogP contribution in [0.1, 0.15) is 102 Å². The Hall–Kier alpha value is -2.08. The lowest BCUT2D eigenvalue weighted by atomic mass is 9.88. The van der Waals surface area contributed by atoms with Crippen molar-refractivity contribution in [3.05, 3.63) is 82.9 Å². The van der Waals surface area contributed by atoms with Crippen molar-refractivity contribution in [3.63, 3.8) is 0 Å². The topological polar surface area (TPSA) is 0 Å². The summed E-state index contributed by atoms with van der Waals surface area (Å²) in [6.07, 6.45) is 15.6. The molecule has 0 unspecified atom stereocenters. The van der Waals surface area contributed by atoms with Crippen LogP contribution in [0.5, 0.6) is 0 Å². The fraction of sp³-hybridized carbons (Fsp3) is 0.467. The van der Waals surface area contributed by atoms with Gasteiger partial charge in [-0.05, 0) is 66.4 Å². The molecule has 0 atom stereocenters. The highest BCUT2D eigenvalue weighted by Crippen LogP contribution is 2.45. The minimum Gasteiger partial charge on any atom is -0.0654 e. The van der Waals surface area contributed by atoms with E-state index in [9.17, 15) is 0 Å². The molecule has 1 aliphatic carbocycles. The van der Waals surface area contributed by atoms with Crippen LogP contribution in [0.3, 0.4) is 0 Å². The molecule has 0 heterocycles. The maximum Gasteiger partial charge on any atom is -0.0157 e. The maximum atomic E-state index is 2.33. The molecule has 2 aromatic rings. The standard InChI is InChI=1S/C30H40/c1-3-5-7-11-21-27-23-24-29(30(27)26-19-14-10-15-20-26)28(22-16-8-6-4-2)25-17-12-9-13-18-25/h9-10,12-15,17-20H,3-8,11,16,21-24H2,1-2H3/b29-28+. The molecule has 160 valence electrons. The van der Waals surface area contributed by atoms with Gasteiger partial charge in [0.15, 0.2) is 0 Å². The van der Waals surface area contributed by atoms with Gasteiger partial charge >= 0.3 is 0 Å². The highest BCUT2D eigenvalue weighted by atomic mass is 14.3. The predicted molar refractivity (Wildman–Crippen MR) is 133 cm³/mol. The van der Waals surface area contributed by atoms with E-state index >= 15 is 0 Å². The minimum absolute atomic E-state index is 1.21. The van der Waals surface area contributed by atoms with Gasteiger partial charge in [0, 0.05) is 0 Å². The average Bonchev–Trinajstić information content (AvgIpc) is 3.21. The molecular formula is C30H40. The van der Waals surface area contributed by atoms with Crippen molar-refractivity contribution in [2.75, 3.05) is 0 Å². The Morgan fingerprint density at radius 3 is 1.97 bits per heavy atom. The predicted octanol–water partition coefficient (Wildman–Crippen LogP) is 9.63. The third kappa shape index (κ3) is 6.21. The van der Waals surface area contributed by atoms with E-state index in [1.165, 1.54) is 88.2 Å². The Morgan fingerprint density at radius 2 is 1.30 bits per heavy atom. The summed E-state index contributed by atoms with van der Waals surface area (Å²) in [6.45, 7) is 4.60. The second-order valence-electron chi connectivity index (χ2n) is 8.79. The Bertz CT molecular complexity index is 808. The number of allylic oxidation sites excluding steroid dienone is 4. The molecule has 0 bridgehead atoms. The van der Waals surface area contributed by atoms with Crippen LogP contribution in [0.2, 0.25) is 0 Å². The van der Waals surface area contributed by atoms with Gasteiger partial charge in [0.05, 0.1) is 0 Å². The molecule has 0 amide bonds. The molecule has 0 nitrogen and oxygen atoms in total. The van der Waals surface area contributed by atoms with Gasteiger partial charge in [0.2, 0.25) is 0 Å². The Kier molecular flexibility index (Phi) is 9.48. The second-order valence-corrected chi connectivity index (χ2v) is 8.79. The summed E-state index contributed by atoms with van der Waals surface area (Å²) >= 11 is 0. The summed E-state index contributed by atoms with van der Waals surface area (Å²) in [7, 11) is 0. The van der Waals surface area contributed by atoms with Crippen LogP contribution < -0.4 is 0 Å². The molecule has 0 heteroatoms. The Morgan fingerprint density at radius 1 is 0.667 bits per heavy atom. The third-order valence-corrected chi connectivity index (χ3v) is 6.49. The summed E-state index contributed by atoms with van der Waals surface area (Å²) in [5.74, 6) is 0. The van der Waals surface area contributed by atoms with Crippen molar-refractivity contribution >= 4 is 11.1 Å². The van der Waals surface area contributed by atoms with E-state index in [1.54, 1.807) is 22.3 Å². The molecule has 30 heavy (non-hydrogen) atoms. The van der Waals surface area contributed by atoms with E-state index in [0.717, 1.165) is 0 Å². The van der Waals surface area contributed by atoms with Crippen molar-refractivity contribution in [2.45, 2.75) is 90.9 Å². The zero-order valence-corrected chi connectivity index (χ0v) is 19.3. The number of rotatable bonds is 12. The van der Waals surface area contributed by atoms with Gasteiger partial charge in [0.25, 0.3) is 0 Å². The van der Waals surface area contributed by atoms with E-state index in [-0.39, 0.29) is 0 Å². The van der Waals surface area contributed by atoms with Crippen molar-refractivity contribution in [3.8, 4) is 0 Å². The molecule has 2 aromatic carbocycles. The van der Waals surface area contributed by atoms with Gasteiger partial charge in [-0.1, -0.05) is 119 Å². The molecule has 1 aliphatic rings. The molecule has 0 aromatic heterocycles. The Labute approximate surface area is 185 Å². The number of hydrogen-bond donors (Lipinski definition) is 0. The summed E-state index contributed by atoms with van der Waals surface area (Å²) in [5, 5.41) is 0. The number of unbranched alkanes of at least 4 members (excludes halogenated alkanes) is 6. The summed E-state index contributed by atoms with van der Waals surface area (Å²) in [4.78, 5) is 0. The largest absolute Gasteiger partial charge is 0.0654 e. The van der Waals surface area contributed by atoms with Gasteiger partial charge < -0.3 is 0 Å². The van der Waals surface area contributed by atoms with Crippen LogP contribution >= 0.6 is 0 Å². The monoisotopic (exact) mass is 400 g/mol. The van der Waals surface area contributed by atoms with Gasteiger partial charge in [-0.15, -0.1) is 0 Å². The molecule has 0 aliphatic heterocycles. The van der Waals surface area contributed by atoms with Crippen LogP contribution in [-0.2, 0) is 0 Å². The maximum absolute atomic E-state index is 2.33. The van der Waals surface area contributed by atoms with Gasteiger partial charge in [-0.2, -0.15) is 0 Å². The van der Waals surface area contributed by atoms with E-state index in [1.807, 2.05) is 0 Å². The molecule has 0 N–H and O–H groups in total. The van der Waals surface area contributed by atoms with Crippen molar-refractivity contribution in [1.82, 2.24) is 0 Å². The molecule has 0 fully saturated rings. The second kappa shape index (κ2) is 12.6. The SMILES string of the molecule is CCCCCCC1=C(c2ccccc2)/C(=C(\CCCCCC)c2ccccc2)CC1. The highest BCUT2D eigenvalue weighted by molar-refractivity contribution is 5.92. The zero-order chi connectivity index (χ0) is 21.0. The third-order valence-electron chi connectivity index (χ3n) is 6.49. The quantitative estimate of drug-likeness (QED) is 0.311. The van der Waals surface area contributed by atoms with E-state index in [4.69, 9.17) is 0 Å². The first-order valence-corrected chi connectivity index (χ1v) is 12.4. The lowest BCUT2D eigenvalue weighted by molar-refractivity contribution is 0.658. The first-order chi connectivity index (χ1) is 14.8. The lowest BCUT2D eigenvalue weighted by Gasteiger charge is -2.17. The van der Waals surface area contributed by atoms with Crippen LogP contribution in [0.25, 0.3) is 11.1 Å². The van der Waals surface area contributed by atoms with E-state index in [2.05, 4.69) is 74.5 Å². The van der Waals surface area contributed by atoms with Crippen LogP contribution in [0.15, 0.2) is 71.8 Å². The van der Waals surface area contributed by atoms with E-state index in [0.29, 0.717) is 0 Å². The molecule has 0 spiro atoms. The first kappa shape index (κ1) is 22.6. The van der Waals surface area contributed by atoms with Gasteiger partial charge in [-0.3, -0.25) is 0 Å².